The van der Waals surface area contributed by atoms with Crippen LogP contribution >= 0.6 is 0 Å². The van der Waals surface area contributed by atoms with E-state index in [9.17, 15) is 9.18 Å². The number of halogens is 1. The van der Waals surface area contributed by atoms with Crippen molar-refractivity contribution in [1.29, 1.82) is 0 Å². The Bertz CT molecular complexity index is 699. The van der Waals surface area contributed by atoms with E-state index in [0.29, 0.717) is 18.8 Å². The van der Waals surface area contributed by atoms with Crippen LogP contribution in [0, 0.1) is 6.92 Å². The smallest absolute Gasteiger partial charge is 0.210 e. The standard InChI is InChI=1S/C15H18FN5O/c1-10-7-12-14(8-20(10)9-22)17-11(2)18-15(12)13-3-5-21(19-13)6-4-16/h3,5,9-10H,4,6-8H2,1-2H3. The van der Waals surface area contributed by atoms with Gasteiger partial charge in [0.2, 0.25) is 6.41 Å². The Balaban J connectivity index is 2.05. The second-order valence-electron chi connectivity index (χ2n) is 5.53. The zero-order chi connectivity index (χ0) is 15.7. The molecule has 0 aromatic carbocycles. The van der Waals surface area contributed by atoms with Gasteiger partial charge in [-0.1, -0.05) is 0 Å². The molecule has 1 amide bonds. The zero-order valence-corrected chi connectivity index (χ0v) is 12.7. The van der Waals surface area contributed by atoms with Crippen LogP contribution in [0.5, 0.6) is 0 Å². The largest absolute Gasteiger partial charge is 0.336 e. The van der Waals surface area contributed by atoms with Crippen molar-refractivity contribution in [2.24, 2.45) is 0 Å². The van der Waals surface area contributed by atoms with Crippen LogP contribution in [0.25, 0.3) is 11.4 Å². The number of fused-ring (bicyclic) bond motifs is 1. The molecule has 1 unspecified atom stereocenters. The van der Waals surface area contributed by atoms with Crippen molar-refractivity contribution in [3.05, 3.63) is 29.3 Å². The lowest BCUT2D eigenvalue weighted by Gasteiger charge is -2.31. The molecule has 0 saturated heterocycles. The Hall–Kier alpha value is -2.31. The van der Waals surface area contributed by atoms with Crippen molar-refractivity contribution in [2.75, 3.05) is 6.67 Å². The van der Waals surface area contributed by atoms with Gasteiger partial charge in [-0.15, -0.1) is 0 Å². The fourth-order valence-electron chi connectivity index (χ4n) is 2.79. The van der Waals surface area contributed by atoms with Gasteiger partial charge in [0.25, 0.3) is 0 Å². The number of nitrogens with zero attached hydrogens (tertiary/aromatic N) is 5. The van der Waals surface area contributed by atoms with Crippen LogP contribution in [-0.4, -0.2) is 43.8 Å². The fourth-order valence-corrected chi connectivity index (χ4v) is 2.79. The Labute approximate surface area is 128 Å². The van der Waals surface area contributed by atoms with E-state index in [1.165, 1.54) is 0 Å². The van der Waals surface area contributed by atoms with Gasteiger partial charge in [-0.2, -0.15) is 5.10 Å². The first-order valence-electron chi connectivity index (χ1n) is 7.29. The first-order valence-corrected chi connectivity index (χ1v) is 7.29. The minimum atomic E-state index is -0.451. The third-order valence-corrected chi connectivity index (χ3v) is 3.93. The van der Waals surface area contributed by atoms with Gasteiger partial charge < -0.3 is 4.90 Å². The third kappa shape index (κ3) is 2.58. The Kier molecular flexibility index (Phi) is 3.87. The number of amides is 1. The van der Waals surface area contributed by atoms with E-state index in [0.717, 1.165) is 29.1 Å². The molecule has 6 nitrogen and oxygen atoms in total. The highest BCUT2D eigenvalue weighted by atomic mass is 19.1. The van der Waals surface area contributed by atoms with Crippen molar-refractivity contribution in [1.82, 2.24) is 24.6 Å². The fraction of sp³-hybridized carbons (Fsp3) is 0.467. The summed E-state index contributed by atoms with van der Waals surface area (Å²) in [5, 5.41) is 4.39. The van der Waals surface area contributed by atoms with Crippen molar-refractivity contribution >= 4 is 6.41 Å². The molecule has 1 atom stereocenters. The second-order valence-corrected chi connectivity index (χ2v) is 5.53. The van der Waals surface area contributed by atoms with E-state index < -0.39 is 6.67 Å². The molecule has 0 N–H and O–H groups in total. The lowest BCUT2D eigenvalue weighted by atomic mass is 9.96. The molecule has 0 bridgehead atoms. The summed E-state index contributed by atoms with van der Waals surface area (Å²) in [5.74, 6) is 0.647. The zero-order valence-electron chi connectivity index (χ0n) is 12.7. The monoisotopic (exact) mass is 303 g/mol. The normalized spacial score (nSPS) is 17.4. The molecule has 3 heterocycles. The van der Waals surface area contributed by atoms with Gasteiger partial charge in [-0.05, 0) is 26.3 Å². The van der Waals surface area contributed by atoms with Crippen molar-refractivity contribution in [3.63, 3.8) is 0 Å². The quantitative estimate of drug-likeness (QED) is 0.803. The van der Waals surface area contributed by atoms with Crippen LogP contribution in [0.3, 0.4) is 0 Å². The number of aromatic nitrogens is 4. The summed E-state index contributed by atoms with van der Waals surface area (Å²) in [5.41, 5.74) is 3.41. The Morgan fingerprint density at radius 1 is 1.45 bits per heavy atom. The molecule has 1 aliphatic heterocycles. The summed E-state index contributed by atoms with van der Waals surface area (Å²) in [6, 6.07) is 1.94. The number of carbonyl (C=O) groups excluding carboxylic acids is 1. The van der Waals surface area contributed by atoms with Crippen LogP contribution in [0.4, 0.5) is 4.39 Å². The van der Waals surface area contributed by atoms with Crippen LogP contribution in [0.1, 0.15) is 24.0 Å². The highest BCUT2D eigenvalue weighted by molar-refractivity contribution is 5.61. The van der Waals surface area contributed by atoms with E-state index >= 15 is 0 Å². The predicted molar refractivity (Wildman–Crippen MR) is 78.7 cm³/mol. The van der Waals surface area contributed by atoms with Gasteiger partial charge in [0.1, 0.15) is 18.2 Å². The summed E-state index contributed by atoms with van der Waals surface area (Å²) >= 11 is 0. The number of aryl methyl sites for hydroxylation is 2. The van der Waals surface area contributed by atoms with Gasteiger partial charge in [0.05, 0.1) is 24.5 Å². The van der Waals surface area contributed by atoms with Crippen LogP contribution in [-0.2, 0) is 24.3 Å². The van der Waals surface area contributed by atoms with Crippen LogP contribution in [0.2, 0.25) is 0 Å². The van der Waals surface area contributed by atoms with E-state index in [4.69, 9.17) is 0 Å². The Morgan fingerprint density at radius 3 is 3.00 bits per heavy atom. The van der Waals surface area contributed by atoms with Gasteiger partial charge >= 0.3 is 0 Å². The van der Waals surface area contributed by atoms with Crippen molar-refractivity contribution in [2.45, 2.75) is 39.4 Å². The maximum absolute atomic E-state index is 12.4. The molecule has 7 heteroatoms. The van der Waals surface area contributed by atoms with Crippen LogP contribution in [0.15, 0.2) is 12.3 Å². The highest BCUT2D eigenvalue weighted by Gasteiger charge is 2.27. The minimum absolute atomic E-state index is 0.1000. The van der Waals surface area contributed by atoms with Crippen molar-refractivity contribution < 1.29 is 9.18 Å². The molecular weight excluding hydrogens is 285 g/mol. The van der Waals surface area contributed by atoms with E-state index in [2.05, 4.69) is 15.1 Å². The maximum atomic E-state index is 12.4. The molecule has 0 aliphatic carbocycles. The van der Waals surface area contributed by atoms with Gasteiger partial charge in [0, 0.05) is 17.8 Å². The molecule has 0 saturated carbocycles. The summed E-state index contributed by atoms with van der Waals surface area (Å²) in [6.07, 6.45) is 3.31. The lowest BCUT2D eigenvalue weighted by molar-refractivity contribution is -0.120. The van der Waals surface area contributed by atoms with E-state index in [1.54, 1.807) is 15.8 Å². The molecule has 2 aromatic rings. The summed E-state index contributed by atoms with van der Waals surface area (Å²) in [7, 11) is 0. The molecule has 0 spiro atoms. The number of hydrogen-bond acceptors (Lipinski definition) is 4. The summed E-state index contributed by atoms with van der Waals surface area (Å²) in [6.45, 7) is 4.10. The third-order valence-electron chi connectivity index (χ3n) is 3.93. The van der Waals surface area contributed by atoms with Crippen molar-refractivity contribution in [3.8, 4) is 11.4 Å². The molecule has 1 aliphatic rings. The number of rotatable bonds is 4. The number of hydrogen-bond donors (Lipinski definition) is 0. The van der Waals surface area contributed by atoms with Gasteiger partial charge in [-0.25, -0.2) is 14.4 Å². The topological polar surface area (TPSA) is 63.9 Å². The van der Waals surface area contributed by atoms with Gasteiger partial charge in [-0.3, -0.25) is 9.48 Å². The summed E-state index contributed by atoms with van der Waals surface area (Å²) < 4.78 is 14.0. The molecule has 116 valence electrons. The van der Waals surface area contributed by atoms with Gasteiger partial charge in [0.15, 0.2) is 0 Å². The molecule has 2 aromatic heterocycles. The van der Waals surface area contributed by atoms with E-state index in [1.807, 2.05) is 19.9 Å². The first-order chi connectivity index (χ1) is 10.6. The lowest BCUT2D eigenvalue weighted by Crippen LogP contribution is -2.38. The highest BCUT2D eigenvalue weighted by Crippen LogP contribution is 2.28. The average Bonchev–Trinajstić information content (AvgIpc) is 2.95. The first kappa shape index (κ1) is 14.6. The molecule has 0 radical (unpaired) electrons. The molecular formula is C15H18FN5O. The number of alkyl halides is 1. The number of carbonyl (C=O) groups is 1. The van der Waals surface area contributed by atoms with E-state index in [-0.39, 0.29) is 12.6 Å². The molecule has 22 heavy (non-hydrogen) atoms. The molecule has 3 rings (SSSR count). The SMILES string of the molecule is Cc1nc2c(c(-c3ccn(CCF)n3)n1)CC(C)N(C=O)C2. The average molecular weight is 303 g/mol. The Morgan fingerprint density at radius 2 is 2.27 bits per heavy atom. The minimum Gasteiger partial charge on any atom is -0.336 e. The maximum Gasteiger partial charge on any atom is 0.210 e. The molecule has 0 fully saturated rings. The predicted octanol–water partition coefficient (Wildman–Crippen LogP) is 1.52. The second kappa shape index (κ2) is 5.82. The van der Waals surface area contributed by atoms with Crippen LogP contribution < -0.4 is 0 Å². The summed E-state index contributed by atoms with van der Waals surface area (Å²) in [4.78, 5) is 21.9.